The maximum Gasteiger partial charge on any atom is 0.334 e. The van der Waals surface area contributed by atoms with Gasteiger partial charge in [-0.05, 0) is 37.3 Å². The fourth-order valence-corrected chi connectivity index (χ4v) is 4.57. The van der Waals surface area contributed by atoms with Gasteiger partial charge in [-0.3, -0.25) is 9.80 Å². The Hall–Kier alpha value is -2.94. The molecule has 1 saturated heterocycles. The van der Waals surface area contributed by atoms with E-state index in [2.05, 4.69) is 4.98 Å². The fourth-order valence-electron chi connectivity index (χ4n) is 4.25. The molecule has 3 heterocycles. The first-order chi connectivity index (χ1) is 15.8. The Bertz CT molecular complexity index is 1260. The minimum Gasteiger partial charge on any atom is -0.368 e. The van der Waals surface area contributed by atoms with Crippen LogP contribution in [-0.2, 0) is 0 Å². The van der Waals surface area contributed by atoms with Crippen LogP contribution < -0.4 is 20.4 Å². The molecular formula is C23H19Cl2F2N5O. The Kier molecular flexibility index (Phi) is 5.39. The number of anilines is 4. The largest absolute Gasteiger partial charge is 0.368 e. The summed E-state index contributed by atoms with van der Waals surface area (Å²) in [6.07, 6.45) is 1.43. The first-order valence-corrected chi connectivity index (χ1v) is 11.1. The van der Waals surface area contributed by atoms with E-state index in [9.17, 15) is 4.79 Å². The van der Waals surface area contributed by atoms with Crippen LogP contribution in [0.3, 0.4) is 0 Å². The highest BCUT2D eigenvalue weighted by atomic mass is 35.5. The molecule has 5 rings (SSSR count). The molecule has 170 valence electrons. The van der Waals surface area contributed by atoms with E-state index in [0.29, 0.717) is 45.8 Å². The molecule has 0 aliphatic carbocycles. The highest BCUT2D eigenvalue weighted by molar-refractivity contribution is 6.32. The van der Waals surface area contributed by atoms with Crippen molar-refractivity contribution in [3.8, 4) is 11.1 Å². The number of urea groups is 1. The van der Waals surface area contributed by atoms with Crippen LogP contribution >= 0.6 is 23.2 Å². The number of pyridine rings is 1. The summed E-state index contributed by atoms with van der Waals surface area (Å²) in [6, 6.07) is 8.21. The van der Waals surface area contributed by atoms with Gasteiger partial charge in [-0.1, -0.05) is 29.3 Å². The van der Waals surface area contributed by atoms with E-state index in [-0.39, 0.29) is 18.3 Å². The Labute approximate surface area is 199 Å². The minimum absolute atomic E-state index is 0.0343. The van der Waals surface area contributed by atoms with Gasteiger partial charge in [-0.25, -0.2) is 18.6 Å². The zero-order valence-electron chi connectivity index (χ0n) is 17.5. The molecule has 1 fully saturated rings. The van der Waals surface area contributed by atoms with E-state index in [0.717, 1.165) is 4.90 Å². The molecule has 0 radical (unpaired) electrons. The first-order valence-electron chi connectivity index (χ1n) is 10.3. The van der Waals surface area contributed by atoms with Crippen molar-refractivity contribution in [2.45, 2.75) is 13.0 Å². The molecule has 0 bridgehead atoms. The third-order valence-corrected chi connectivity index (χ3v) is 6.26. The van der Waals surface area contributed by atoms with Crippen molar-refractivity contribution in [3.63, 3.8) is 0 Å². The number of benzene rings is 2. The average Bonchev–Trinajstić information content (AvgIpc) is 2.83. The van der Waals surface area contributed by atoms with Crippen LogP contribution in [0, 0.1) is 11.6 Å². The van der Waals surface area contributed by atoms with Crippen molar-refractivity contribution >= 4 is 52.1 Å². The van der Waals surface area contributed by atoms with Crippen LogP contribution in [-0.4, -0.2) is 36.7 Å². The summed E-state index contributed by atoms with van der Waals surface area (Å²) in [5.41, 5.74) is 6.98. The van der Waals surface area contributed by atoms with E-state index in [1.165, 1.54) is 29.3 Å². The first kappa shape index (κ1) is 21.9. The second kappa shape index (κ2) is 8.13. The van der Waals surface area contributed by atoms with Gasteiger partial charge in [-0.15, -0.1) is 0 Å². The van der Waals surface area contributed by atoms with Gasteiger partial charge in [0, 0.05) is 53.7 Å². The van der Waals surface area contributed by atoms with E-state index in [1.807, 2.05) is 0 Å². The molecule has 2 aromatic carbocycles. The number of carbonyl (C=O) groups excluding carboxylic acids is 1. The SMILES string of the molecule is CCN1C(=O)N(c2c(F)cc(N3CC(N)C3)cc2F)c2cc(Cl)ccc2-c2cc(Cl)cnc21. The normalized spacial score (nSPS) is 15.8. The lowest BCUT2D eigenvalue weighted by molar-refractivity contribution is 0.253. The molecule has 6 nitrogen and oxygen atoms in total. The van der Waals surface area contributed by atoms with Crippen molar-refractivity contribution in [3.05, 3.63) is 64.3 Å². The number of nitrogens with two attached hydrogens (primary N) is 1. The third kappa shape index (κ3) is 3.58. The molecular weight excluding hydrogens is 471 g/mol. The molecule has 0 spiro atoms. The van der Waals surface area contributed by atoms with E-state index >= 15 is 8.78 Å². The fraction of sp³-hybridized carbons (Fsp3) is 0.217. The zero-order valence-corrected chi connectivity index (χ0v) is 19.0. The number of hydrogen-bond acceptors (Lipinski definition) is 4. The van der Waals surface area contributed by atoms with Crippen molar-refractivity contribution < 1.29 is 13.6 Å². The predicted molar refractivity (Wildman–Crippen MR) is 127 cm³/mol. The summed E-state index contributed by atoms with van der Waals surface area (Å²) in [6.45, 7) is 2.98. The van der Waals surface area contributed by atoms with Gasteiger partial charge in [0.2, 0.25) is 0 Å². The molecule has 1 aromatic heterocycles. The molecule has 0 saturated carbocycles. The highest BCUT2D eigenvalue weighted by Crippen LogP contribution is 2.46. The molecule has 2 amide bonds. The number of halogens is 4. The van der Waals surface area contributed by atoms with Gasteiger partial charge in [0.15, 0.2) is 11.6 Å². The van der Waals surface area contributed by atoms with Crippen molar-refractivity contribution in [1.29, 1.82) is 0 Å². The van der Waals surface area contributed by atoms with Gasteiger partial charge in [0.25, 0.3) is 0 Å². The topological polar surface area (TPSA) is 65.7 Å². The number of aromatic nitrogens is 1. The number of carbonyl (C=O) groups is 1. The lowest BCUT2D eigenvalue weighted by Gasteiger charge is -2.39. The number of rotatable bonds is 3. The van der Waals surface area contributed by atoms with Crippen molar-refractivity contribution in [2.24, 2.45) is 5.73 Å². The predicted octanol–water partition coefficient (Wildman–Crippen LogP) is 5.58. The molecule has 10 heteroatoms. The number of nitrogens with zero attached hydrogens (tertiary/aromatic N) is 4. The van der Waals surface area contributed by atoms with Gasteiger partial charge >= 0.3 is 6.03 Å². The van der Waals surface area contributed by atoms with Crippen LogP contribution in [0.5, 0.6) is 0 Å². The van der Waals surface area contributed by atoms with Crippen LogP contribution in [0.4, 0.5) is 36.5 Å². The lowest BCUT2D eigenvalue weighted by Crippen LogP contribution is -2.55. The quantitative estimate of drug-likeness (QED) is 0.521. The van der Waals surface area contributed by atoms with Crippen LogP contribution in [0.25, 0.3) is 11.1 Å². The molecule has 2 aliphatic heterocycles. The molecule has 0 unspecified atom stereocenters. The van der Waals surface area contributed by atoms with Gasteiger partial charge in [0.05, 0.1) is 10.7 Å². The summed E-state index contributed by atoms with van der Waals surface area (Å²) in [7, 11) is 0. The molecule has 3 aromatic rings. The second-order valence-corrected chi connectivity index (χ2v) is 8.84. The monoisotopic (exact) mass is 489 g/mol. The number of fused-ring (bicyclic) bond motifs is 3. The van der Waals surface area contributed by atoms with Gasteiger partial charge in [-0.2, -0.15) is 0 Å². The van der Waals surface area contributed by atoms with Crippen LogP contribution in [0.15, 0.2) is 42.6 Å². The zero-order chi connectivity index (χ0) is 23.4. The molecule has 33 heavy (non-hydrogen) atoms. The molecule has 2 aliphatic rings. The van der Waals surface area contributed by atoms with Crippen molar-refractivity contribution in [2.75, 3.05) is 34.3 Å². The highest BCUT2D eigenvalue weighted by Gasteiger charge is 2.37. The Morgan fingerprint density at radius 3 is 2.39 bits per heavy atom. The Morgan fingerprint density at radius 1 is 1.06 bits per heavy atom. The van der Waals surface area contributed by atoms with Crippen LogP contribution in [0.1, 0.15) is 6.92 Å². The number of hydrogen-bond donors (Lipinski definition) is 1. The maximum atomic E-state index is 15.5. The van der Waals surface area contributed by atoms with Gasteiger partial charge < -0.3 is 10.6 Å². The average molecular weight is 490 g/mol. The standard InChI is InChI=1S/C23H19Cl2F2N5O/c1-2-31-22-17(5-13(25)9-29-22)16-4-3-12(24)6-20(16)32(23(31)33)21-18(26)7-15(8-19(21)27)30-10-14(28)11-30/h3-9,14H,2,10-11,28H2,1H3. The lowest BCUT2D eigenvalue weighted by atomic mass is 10.0. The summed E-state index contributed by atoms with van der Waals surface area (Å²) >= 11 is 12.4. The second-order valence-electron chi connectivity index (χ2n) is 7.97. The summed E-state index contributed by atoms with van der Waals surface area (Å²) in [5, 5.41) is 0.668. The van der Waals surface area contributed by atoms with Crippen LogP contribution in [0.2, 0.25) is 10.0 Å². The third-order valence-electron chi connectivity index (χ3n) is 5.82. The van der Waals surface area contributed by atoms with E-state index < -0.39 is 23.4 Å². The Balaban J connectivity index is 1.74. The van der Waals surface area contributed by atoms with Crippen molar-refractivity contribution in [1.82, 2.24) is 4.98 Å². The molecule has 0 atom stereocenters. The minimum atomic E-state index is -0.877. The summed E-state index contributed by atoms with van der Waals surface area (Å²) in [4.78, 5) is 22.2. The summed E-state index contributed by atoms with van der Waals surface area (Å²) < 4.78 is 30.9. The molecule has 2 N–H and O–H groups in total. The van der Waals surface area contributed by atoms with E-state index in [4.69, 9.17) is 28.9 Å². The van der Waals surface area contributed by atoms with Gasteiger partial charge in [0.1, 0.15) is 11.5 Å². The number of amides is 2. The maximum absolute atomic E-state index is 15.5. The van der Waals surface area contributed by atoms with E-state index in [1.54, 1.807) is 30.0 Å². The summed E-state index contributed by atoms with van der Waals surface area (Å²) in [5.74, 6) is -1.42. The Morgan fingerprint density at radius 2 is 1.76 bits per heavy atom. The smallest absolute Gasteiger partial charge is 0.334 e.